The highest BCUT2D eigenvalue weighted by molar-refractivity contribution is 5.42. The topological polar surface area (TPSA) is 35.2 Å². The standard InChI is InChI=1S/C11H17NO/c1-7-6-11(13-4)8(2)5-10(7)9(3)12/h5-6,9H,12H2,1-4H3/t9-/m1/s1. The van der Waals surface area contributed by atoms with Gasteiger partial charge in [-0.25, -0.2) is 0 Å². The van der Waals surface area contributed by atoms with E-state index in [1.165, 1.54) is 11.1 Å². The van der Waals surface area contributed by atoms with Crippen LogP contribution in [0.15, 0.2) is 12.1 Å². The molecule has 0 heterocycles. The lowest BCUT2D eigenvalue weighted by Gasteiger charge is -2.13. The third kappa shape index (κ3) is 2.01. The zero-order chi connectivity index (χ0) is 10.0. The van der Waals surface area contributed by atoms with Gasteiger partial charge in [-0.2, -0.15) is 0 Å². The van der Waals surface area contributed by atoms with Crippen LogP contribution in [0.1, 0.15) is 29.7 Å². The Morgan fingerprint density at radius 3 is 2.31 bits per heavy atom. The van der Waals surface area contributed by atoms with Crippen molar-refractivity contribution < 1.29 is 4.74 Å². The quantitative estimate of drug-likeness (QED) is 0.756. The molecule has 2 heteroatoms. The Labute approximate surface area is 79.7 Å². The summed E-state index contributed by atoms with van der Waals surface area (Å²) in [5.41, 5.74) is 9.36. The predicted octanol–water partition coefficient (Wildman–Crippen LogP) is 2.33. The maximum Gasteiger partial charge on any atom is 0.122 e. The fraction of sp³-hybridized carbons (Fsp3) is 0.455. The Balaban J connectivity index is 3.20. The molecule has 1 aromatic carbocycles. The van der Waals surface area contributed by atoms with Crippen LogP contribution in [-0.4, -0.2) is 7.11 Å². The summed E-state index contributed by atoms with van der Waals surface area (Å²) < 4.78 is 5.22. The van der Waals surface area contributed by atoms with E-state index in [1.54, 1.807) is 7.11 Å². The molecule has 0 saturated carbocycles. The molecule has 0 aliphatic carbocycles. The number of hydrogen-bond donors (Lipinski definition) is 1. The van der Waals surface area contributed by atoms with Gasteiger partial charge in [0.2, 0.25) is 0 Å². The Kier molecular flexibility index (Phi) is 2.94. The lowest BCUT2D eigenvalue weighted by atomic mass is 10.00. The van der Waals surface area contributed by atoms with Gasteiger partial charge in [-0.1, -0.05) is 6.07 Å². The average Bonchev–Trinajstić information content (AvgIpc) is 2.07. The molecule has 0 radical (unpaired) electrons. The summed E-state index contributed by atoms with van der Waals surface area (Å²) in [6.07, 6.45) is 0. The van der Waals surface area contributed by atoms with Gasteiger partial charge < -0.3 is 10.5 Å². The number of benzene rings is 1. The van der Waals surface area contributed by atoms with E-state index in [0.29, 0.717) is 0 Å². The van der Waals surface area contributed by atoms with Crippen LogP contribution in [0.4, 0.5) is 0 Å². The summed E-state index contributed by atoms with van der Waals surface area (Å²) in [6, 6.07) is 4.22. The van der Waals surface area contributed by atoms with Crippen LogP contribution in [0.2, 0.25) is 0 Å². The molecule has 0 fully saturated rings. The van der Waals surface area contributed by atoms with Gasteiger partial charge in [0.15, 0.2) is 0 Å². The Hall–Kier alpha value is -1.02. The van der Waals surface area contributed by atoms with E-state index in [-0.39, 0.29) is 6.04 Å². The molecule has 72 valence electrons. The van der Waals surface area contributed by atoms with E-state index in [0.717, 1.165) is 11.3 Å². The van der Waals surface area contributed by atoms with E-state index in [9.17, 15) is 0 Å². The first-order valence-electron chi connectivity index (χ1n) is 4.47. The van der Waals surface area contributed by atoms with Crippen LogP contribution >= 0.6 is 0 Å². The second-order valence-electron chi connectivity index (χ2n) is 3.47. The van der Waals surface area contributed by atoms with Crippen molar-refractivity contribution in [1.82, 2.24) is 0 Å². The summed E-state index contributed by atoms with van der Waals surface area (Å²) in [5, 5.41) is 0. The highest BCUT2D eigenvalue weighted by atomic mass is 16.5. The van der Waals surface area contributed by atoms with Crippen LogP contribution < -0.4 is 10.5 Å². The fourth-order valence-electron chi connectivity index (χ4n) is 1.52. The summed E-state index contributed by atoms with van der Waals surface area (Å²) in [6.45, 7) is 6.08. The molecule has 1 rings (SSSR count). The summed E-state index contributed by atoms with van der Waals surface area (Å²) in [7, 11) is 1.69. The van der Waals surface area contributed by atoms with Gasteiger partial charge in [0.1, 0.15) is 5.75 Å². The zero-order valence-electron chi connectivity index (χ0n) is 8.72. The lowest BCUT2D eigenvalue weighted by Crippen LogP contribution is -2.07. The molecule has 1 aromatic rings. The van der Waals surface area contributed by atoms with E-state index in [1.807, 2.05) is 19.9 Å². The van der Waals surface area contributed by atoms with Crippen LogP contribution in [0.5, 0.6) is 5.75 Å². The Morgan fingerprint density at radius 2 is 1.85 bits per heavy atom. The number of ether oxygens (including phenoxy) is 1. The van der Waals surface area contributed by atoms with Gasteiger partial charge in [-0.3, -0.25) is 0 Å². The van der Waals surface area contributed by atoms with Gasteiger partial charge in [-0.15, -0.1) is 0 Å². The molecule has 0 aliphatic rings. The number of hydrogen-bond acceptors (Lipinski definition) is 2. The summed E-state index contributed by atoms with van der Waals surface area (Å²) in [4.78, 5) is 0. The third-order valence-corrected chi connectivity index (χ3v) is 2.27. The highest BCUT2D eigenvalue weighted by Crippen LogP contribution is 2.25. The number of rotatable bonds is 2. The van der Waals surface area contributed by atoms with Crippen LogP contribution in [0.3, 0.4) is 0 Å². The van der Waals surface area contributed by atoms with Crippen molar-refractivity contribution >= 4 is 0 Å². The van der Waals surface area contributed by atoms with Gasteiger partial charge >= 0.3 is 0 Å². The minimum atomic E-state index is 0.0876. The maximum atomic E-state index is 5.83. The smallest absolute Gasteiger partial charge is 0.122 e. The van der Waals surface area contributed by atoms with E-state index < -0.39 is 0 Å². The lowest BCUT2D eigenvalue weighted by molar-refractivity contribution is 0.411. The molecule has 0 bridgehead atoms. The molecule has 0 amide bonds. The van der Waals surface area contributed by atoms with Crippen molar-refractivity contribution in [1.29, 1.82) is 0 Å². The molecular formula is C11H17NO. The Morgan fingerprint density at radius 1 is 1.23 bits per heavy atom. The molecule has 2 N–H and O–H groups in total. The monoisotopic (exact) mass is 179 g/mol. The molecule has 1 atom stereocenters. The van der Waals surface area contributed by atoms with Crippen molar-refractivity contribution in [2.24, 2.45) is 5.73 Å². The van der Waals surface area contributed by atoms with Crippen LogP contribution in [0, 0.1) is 13.8 Å². The summed E-state index contributed by atoms with van der Waals surface area (Å²) >= 11 is 0. The van der Waals surface area contributed by atoms with E-state index in [2.05, 4.69) is 13.0 Å². The largest absolute Gasteiger partial charge is 0.496 e. The first-order valence-corrected chi connectivity index (χ1v) is 4.47. The molecule has 0 saturated heterocycles. The zero-order valence-corrected chi connectivity index (χ0v) is 8.72. The minimum Gasteiger partial charge on any atom is -0.496 e. The second-order valence-corrected chi connectivity index (χ2v) is 3.47. The molecule has 2 nitrogen and oxygen atoms in total. The molecule has 0 aromatic heterocycles. The second kappa shape index (κ2) is 3.79. The van der Waals surface area contributed by atoms with Gasteiger partial charge in [-0.05, 0) is 43.5 Å². The van der Waals surface area contributed by atoms with Crippen molar-refractivity contribution in [2.75, 3.05) is 7.11 Å². The average molecular weight is 179 g/mol. The molecule has 0 aliphatic heterocycles. The van der Waals surface area contributed by atoms with E-state index >= 15 is 0 Å². The predicted molar refractivity (Wildman–Crippen MR) is 55.1 cm³/mol. The molecule has 13 heavy (non-hydrogen) atoms. The first-order chi connectivity index (χ1) is 6.06. The van der Waals surface area contributed by atoms with Crippen molar-refractivity contribution in [2.45, 2.75) is 26.8 Å². The normalized spacial score (nSPS) is 12.7. The SMILES string of the molecule is COc1cc(C)c([C@@H](C)N)cc1C. The number of methoxy groups -OCH3 is 1. The van der Waals surface area contributed by atoms with Crippen molar-refractivity contribution in [3.05, 3.63) is 28.8 Å². The molecule has 0 unspecified atom stereocenters. The molecular weight excluding hydrogens is 162 g/mol. The number of nitrogens with two attached hydrogens (primary N) is 1. The minimum absolute atomic E-state index is 0.0876. The Bertz CT molecular complexity index is 305. The van der Waals surface area contributed by atoms with Crippen LogP contribution in [0.25, 0.3) is 0 Å². The molecule has 0 spiro atoms. The first kappa shape index (κ1) is 10.1. The van der Waals surface area contributed by atoms with E-state index in [4.69, 9.17) is 10.5 Å². The highest BCUT2D eigenvalue weighted by Gasteiger charge is 2.07. The number of aryl methyl sites for hydroxylation is 2. The van der Waals surface area contributed by atoms with Gasteiger partial charge in [0.25, 0.3) is 0 Å². The third-order valence-electron chi connectivity index (χ3n) is 2.27. The maximum absolute atomic E-state index is 5.83. The fourth-order valence-corrected chi connectivity index (χ4v) is 1.52. The summed E-state index contributed by atoms with van der Waals surface area (Å²) in [5.74, 6) is 0.932. The van der Waals surface area contributed by atoms with Crippen molar-refractivity contribution in [3.63, 3.8) is 0 Å². The van der Waals surface area contributed by atoms with Crippen molar-refractivity contribution in [3.8, 4) is 5.75 Å². The van der Waals surface area contributed by atoms with Gasteiger partial charge in [0, 0.05) is 6.04 Å². The van der Waals surface area contributed by atoms with Crippen LogP contribution in [-0.2, 0) is 0 Å². The van der Waals surface area contributed by atoms with Gasteiger partial charge in [0.05, 0.1) is 7.11 Å².